The van der Waals surface area contributed by atoms with Gasteiger partial charge in [0.2, 0.25) is 5.95 Å². The van der Waals surface area contributed by atoms with Crippen LogP contribution in [0.25, 0.3) is 22.4 Å². The minimum absolute atomic E-state index is 0.407. The number of hydrogen-bond acceptors (Lipinski definition) is 6. The van der Waals surface area contributed by atoms with Crippen molar-refractivity contribution in [1.29, 1.82) is 0 Å². The summed E-state index contributed by atoms with van der Waals surface area (Å²) in [5.74, 6) is 0.880. The van der Waals surface area contributed by atoms with E-state index in [0.717, 1.165) is 22.4 Å². The van der Waals surface area contributed by atoms with Gasteiger partial charge < -0.3 is 11.1 Å². The molecular formula is C13H12N8. The Bertz CT molecular complexity index is 951. The van der Waals surface area contributed by atoms with Crippen molar-refractivity contribution in [3.63, 3.8) is 0 Å². The van der Waals surface area contributed by atoms with E-state index in [0.29, 0.717) is 11.8 Å². The van der Waals surface area contributed by atoms with E-state index in [1.807, 2.05) is 30.6 Å². The van der Waals surface area contributed by atoms with Crippen molar-refractivity contribution < 1.29 is 0 Å². The van der Waals surface area contributed by atoms with Gasteiger partial charge in [0, 0.05) is 31.1 Å². The summed E-state index contributed by atoms with van der Waals surface area (Å²) in [7, 11) is 1.75. The van der Waals surface area contributed by atoms with E-state index < -0.39 is 0 Å². The fourth-order valence-electron chi connectivity index (χ4n) is 2.33. The van der Waals surface area contributed by atoms with Crippen LogP contribution in [0, 0.1) is 0 Å². The van der Waals surface area contributed by atoms with Crippen LogP contribution in [0.15, 0.2) is 36.8 Å². The number of anilines is 2. The summed E-state index contributed by atoms with van der Waals surface area (Å²) in [6.45, 7) is 0. The van der Waals surface area contributed by atoms with Crippen LogP contribution in [0.1, 0.15) is 0 Å². The minimum atomic E-state index is 0.407. The monoisotopic (exact) mass is 280 g/mol. The molecular weight excluding hydrogens is 268 g/mol. The lowest BCUT2D eigenvalue weighted by molar-refractivity contribution is 0.913. The average Bonchev–Trinajstić information content (AvgIpc) is 3.12. The zero-order valence-electron chi connectivity index (χ0n) is 11.2. The summed E-state index contributed by atoms with van der Waals surface area (Å²) in [4.78, 5) is 8.79. The summed E-state index contributed by atoms with van der Waals surface area (Å²) in [6.07, 6.45) is 5.41. The molecule has 4 aromatic heterocycles. The highest BCUT2D eigenvalue weighted by atomic mass is 15.3. The van der Waals surface area contributed by atoms with Crippen LogP contribution in [0.2, 0.25) is 0 Å². The smallest absolute Gasteiger partial charge is 0.242 e. The highest BCUT2D eigenvalue weighted by Gasteiger charge is 2.13. The molecule has 3 N–H and O–H groups in total. The van der Waals surface area contributed by atoms with Gasteiger partial charge in [0.1, 0.15) is 5.52 Å². The molecule has 0 spiro atoms. The molecule has 0 atom stereocenters. The lowest BCUT2D eigenvalue weighted by Crippen LogP contribution is -2.05. The number of nitrogens with one attached hydrogen (secondary N) is 1. The molecule has 8 nitrogen and oxygen atoms in total. The summed E-state index contributed by atoms with van der Waals surface area (Å²) in [5.41, 5.74) is 9.26. The SMILES string of the molecule is CNc1nc(N)c2c(-c3ccn4nccc4n3)ccn2n1. The van der Waals surface area contributed by atoms with E-state index in [1.54, 1.807) is 22.3 Å². The van der Waals surface area contributed by atoms with Crippen LogP contribution in [-0.2, 0) is 0 Å². The zero-order chi connectivity index (χ0) is 14.4. The predicted molar refractivity (Wildman–Crippen MR) is 78.9 cm³/mol. The van der Waals surface area contributed by atoms with Crippen LogP contribution >= 0.6 is 0 Å². The molecule has 0 amide bonds. The first kappa shape index (κ1) is 11.6. The van der Waals surface area contributed by atoms with E-state index in [4.69, 9.17) is 5.73 Å². The van der Waals surface area contributed by atoms with E-state index in [-0.39, 0.29) is 0 Å². The van der Waals surface area contributed by atoms with Crippen LogP contribution in [0.5, 0.6) is 0 Å². The summed E-state index contributed by atoms with van der Waals surface area (Å²) >= 11 is 0. The second kappa shape index (κ2) is 4.17. The fourth-order valence-corrected chi connectivity index (χ4v) is 2.33. The van der Waals surface area contributed by atoms with Gasteiger partial charge in [-0.1, -0.05) is 0 Å². The van der Waals surface area contributed by atoms with E-state index >= 15 is 0 Å². The number of nitrogen functional groups attached to an aromatic ring is 1. The maximum absolute atomic E-state index is 6.05. The molecule has 0 bridgehead atoms. The van der Waals surface area contributed by atoms with E-state index in [2.05, 4.69) is 25.5 Å². The largest absolute Gasteiger partial charge is 0.382 e. The van der Waals surface area contributed by atoms with E-state index in [1.165, 1.54) is 0 Å². The Morgan fingerprint density at radius 2 is 1.95 bits per heavy atom. The maximum atomic E-state index is 6.05. The molecule has 0 aliphatic carbocycles. The second-order valence-electron chi connectivity index (χ2n) is 4.54. The van der Waals surface area contributed by atoms with Gasteiger partial charge >= 0.3 is 0 Å². The molecule has 21 heavy (non-hydrogen) atoms. The van der Waals surface area contributed by atoms with Gasteiger partial charge in [-0.25, -0.2) is 14.0 Å². The standard InChI is InChI=1S/C13H12N8/c1-15-13-18-12(14)11-8(3-6-21(11)19-13)9-4-7-20-10(17-9)2-5-16-20/h2-7H,1H3,(H3,14,15,18,19). The molecule has 104 valence electrons. The number of aromatic nitrogens is 6. The Hall–Kier alpha value is -3.16. The average molecular weight is 280 g/mol. The van der Waals surface area contributed by atoms with Gasteiger partial charge in [-0.05, 0) is 12.1 Å². The van der Waals surface area contributed by atoms with Crippen molar-refractivity contribution >= 4 is 22.9 Å². The Labute approximate surface area is 119 Å². The first-order valence-corrected chi connectivity index (χ1v) is 6.39. The van der Waals surface area contributed by atoms with Crippen LogP contribution < -0.4 is 11.1 Å². The molecule has 0 aromatic carbocycles. The Kier molecular flexibility index (Phi) is 2.31. The molecule has 0 aliphatic rings. The topological polar surface area (TPSA) is 98.4 Å². The van der Waals surface area contributed by atoms with Crippen molar-refractivity contribution in [2.45, 2.75) is 0 Å². The molecule has 0 aliphatic heterocycles. The number of hydrogen-bond donors (Lipinski definition) is 2. The van der Waals surface area contributed by atoms with Gasteiger partial charge in [-0.3, -0.25) is 0 Å². The van der Waals surface area contributed by atoms with Gasteiger partial charge in [0.25, 0.3) is 0 Å². The molecule has 0 radical (unpaired) electrons. The van der Waals surface area contributed by atoms with E-state index in [9.17, 15) is 0 Å². The zero-order valence-corrected chi connectivity index (χ0v) is 11.2. The van der Waals surface area contributed by atoms with Crippen LogP contribution in [0.4, 0.5) is 11.8 Å². The third kappa shape index (κ3) is 1.69. The van der Waals surface area contributed by atoms with Gasteiger partial charge in [-0.15, -0.1) is 5.10 Å². The minimum Gasteiger partial charge on any atom is -0.382 e. The van der Waals surface area contributed by atoms with Gasteiger partial charge in [-0.2, -0.15) is 10.1 Å². The molecule has 4 rings (SSSR count). The molecule has 0 saturated carbocycles. The molecule has 4 heterocycles. The number of nitrogens with zero attached hydrogens (tertiary/aromatic N) is 6. The van der Waals surface area contributed by atoms with Crippen molar-refractivity contribution in [2.75, 3.05) is 18.1 Å². The first-order chi connectivity index (χ1) is 10.3. The summed E-state index contributed by atoms with van der Waals surface area (Å²) in [5, 5.41) is 11.3. The molecule has 0 fully saturated rings. The second-order valence-corrected chi connectivity index (χ2v) is 4.54. The number of fused-ring (bicyclic) bond motifs is 2. The third-order valence-corrected chi connectivity index (χ3v) is 3.30. The Balaban J connectivity index is 1.97. The molecule has 4 aromatic rings. The summed E-state index contributed by atoms with van der Waals surface area (Å²) < 4.78 is 3.41. The Morgan fingerprint density at radius 1 is 1.10 bits per heavy atom. The Morgan fingerprint density at radius 3 is 2.81 bits per heavy atom. The molecule has 0 unspecified atom stereocenters. The lowest BCUT2D eigenvalue weighted by atomic mass is 10.2. The van der Waals surface area contributed by atoms with Crippen LogP contribution in [0.3, 0.4) is 0 Å². The fraction of sp³-hybridized carbons (Fsp3) is 0.0769. The lowest BCUT2D eigenvalue weighted by Gasteiger charge is -2.05. The number of nitrogens with two attached hydrogens (primary N) is 1. The van der Waals surface area contributed by atoms with Crippen LogP contribution in [-0.4, -0.2) is 36.2 Å². The quantitative estimate of drug-likeness (QED) is 0.569. The molecule has 8 heteroatoms. The first-order valence-electron chi connectivity index (χ1n) is 6.39. The van der Waals surface area contributed by atoms with Crippen molar-refractivity contribution in [3.8, 4) is 11.3 Å². The summed E-state index contributed by atoms with van der Waals surface area (Å²) in [6, 6.07) is 5.66. The highest BCUT2D eigenvalue weighted by molar-refractivity contribution is 5.86. The van der Waals surface area contributed by atoms with Crippen molar-refractivity contribution in [2.24, 2.45) is 0 Å². The van der Waals surface area contributed by atoms with Crippen molar-refractivity contribution in [3.05, 3.63) is 36.8 Å². The third-order valence-electron chi connectivity index (χ3n) is 3.30. The molecule has 0 saturated heterocycles. The van der Waals surface area contributed by atoms with Crippen molar-refractivity contribution in [1.82, 2.24) is 29.2 Å². The predicted octanol–water partition coefficient (Wildman–Crippen LogP) is 1.06. The maximum Gasteiger partial charge on any atom is 0.242 e. The highest BCUT2D eigenvalue weighted by Crippen LogP contribution is 2.27. The van der Waals surface area contributed by atoms with Gasteiger partial charge in [0.15, 0.2) is 11.5 Å². The van der Waals surface area contributed by atoms with Gasteiger partial charge in [0.05, 0.1) is 11.9 Å². The normalized spacial score (nSPS) is 11.3. The number of rotatable bonds is 2.